The van der Waals surface area contributed by atoms with Gasteiger partial charge < -0.3 is 0 Å². The lowest BCUT2D eigenvalue weighted by Crippen LogP contribution is -2.19. The van der Waals surface area contributed by atoms with Crippen molar-refractivity contribution in [2.24, 2.45) is 5.10 Å². The fraction of sp³-hybridized carbons (Fsp3) is 0.357. The molecule has 18 heavy (non-hydrogen) atoms. The molecule has 1 aromatic rings. The number of hydrazone groups is 1. The Morgan fingerprint density at radius 1 is 1.17 bits per heavy atom. The fourth-order valence-electron chi connectivity index (χ4n) is 1.89. The molecule has 1 aliphatic rings. The summed E-state index contributed by atoms with van der Waals surface area (Å²) in [5.74, 6) is 0.171. The number of ketones is 2. The lowest BCUT2D eigenvalue weighted by atomic mass is 9.97. The maximum Gasteiger partial charge on any atom is 0.178 e. The Labute approximate surface area is 106 Å². The van der Waals surface area contributed by atoms with Gasteiger partial charge in [-0.1, -0.05) is 0 Å². The van der Waals surface area contributed by atoms with Crippen LogP contribution in [0.1, 0.15) is 43.0 Å². The molecule has 1 aliphatic carbocycles. The average Bonchev–Trinajstić information content (AvgIpc) is 2.38. The number of anilines is 1. The van der Waals surface area contributed by atoms with Crippen molar-refractivity contribution < 1.29 is 9.59 Å². The van der Waals surface area contributed by atoms with Crippen molar-refractivity contribution in [2.75, 3.05) is 5.43 Å². The minimum Gasteiger partial charge on any atom is -0.295 e. The van der Waals surface area contributed by atoms with Crippen molar-refractivity contribution in [3.8, 4) is 0 Å². The number of hydrogen-bond donors (Lipinski definition) is 1. The van der Waals surface area contributed by atoms with E-state index in [9.17, 15) is 9.59 Å². The molecule has 0 unspecified atom stereocenters. The lowest BCUT2D eigenvalue weighted by molar-refractivity contribution is -0.113. The molecule has 2 rings (SSSR count). The van der Waals surface area contributed by atoms with Gasteiger partial charge in [0.15, 0.2) is 11.6 Å². The molecule has 0 bridgehead atoms. The van der Waals surface area contributed by atoms with Gasteiger partial charge in [0, 0.05) is 12.0 Å². The highest BCUT2D eigenvalue weighted by atomic mass is 16.1. The molecule has 94 valence electrons. The van der Waals surface area contributed by atoms with Crippen molar-refractivity contribution in [1.82, 2.24) is 0 Å². The number of hydrogen-bond acceptors (Lipinski definition) is 4. The third-order valence-electron chi connectivity index (χ3n) is 3.00. The van der Waals surface area contributed by atoms with Crippen LogP contribution < -0.4 is 5.43 Å². The Kier molecular flexibility index (Phi) is 3.87. The molecule has 4 heteroatoms. The Balaban J connectivity index is 2.03. The van der Waals surface area contributed by atoms with Gasteiger partial charge in [0.05, 0.1) is 5.69 Å². The maximum absolute atomic E-state index is 11.5. The zero-order valence-corrected chi connectivity index (χ0v) is 10.4. The van der Waals surface area contributed by atoms with E-state index in [0.29, 0.717) is 17.7 Å². The van der Waals surface area contributed by atoms with Crippen LogP contribution >= 0.6 is 0 Å². The zero-order valence-electron chi connectivity index (χ0n) is 10.4. The van der Waals surface area contributed by atoms with Crippen molar-refractivity contribution in [3.63, 3.8) is 0 Å². The minimum atomic E-state index is 0.0373. The number of nitrogens with zero attached hydrogens (tertiary/aromatic N) is 1. The summed E-state index contributed by atoms with van der Waals surface area (Å²) in [5.41, 5.74) is 4.94. The van der Waals surface area contributed by atoms with Gasteiger partial charge in [-0.3, -0.25) is 15.0 Å². The van der Waals surface area contributed by atoms with Gasteiger partial charge in [-0.2, -0.15) is 5.10 Å². The topological polar surface area (TPSA) is 58.5 Å². The van der Waals surface area contributed by atoms with E-state index < -0.39 is 0 Å². The molecule has 0 heterocycles. The summed E-state index contributed by atoms with van der Waals surface area (Å²) >= 11 is 0. The summed E-state index contributed by atoms with van der Waals surface area (Å²) in [4.78, 5) is 22.7. The second-order valence-electron chi connectivity index (χ2n) is 4.43. The number of carbonyl (C=O) groups excluding carboxylic acids is 2. The molecular formula is C14H16N2O2. The van der Waals surface area contributed by atoms with E-state index in [0.717, 1.165) is 24.9 Å². The van der Waals surface area contributed by atoms with Crippen molar-refractivity contribution in [1.29, 1.82) is 0 Å². The first kappa shape index (κ1) is 12.5. The van der Waals surface area contributed by atoms with E-state index in [1.165, 1.54) is 6.92 Å². The summed E-state index contributed by atoms with van der Waals surface area (Å²) in [5, 5.41) is 4.14. The monoisotopic (exact) mass is 244 g/mol. The highest BCUT2D eigenvalue weighted by Crippen LogP contribution is 2.14. The molecule has 0 spiro atoms. The SMILES string of the molecule is CC(=O)c1ccc(N/N=C2\CCCCC2=O)cc1. The van der Waals surface area contributed by atoms with Gasteiger partial charge >= 0.3 is 0 Å². The van der Waals surface area contributed by atoms with Crippen LogP contribution in [0.2, 0.25) is 0 Å². The van der Waals surface area contributed by atoms with Gasteiger partial charge in [0.2, 0.25) is 0 Å². The molecule has 4 nitrogen and oxygen atoms in total. The molecule has 0 radical (unpaired) electrons. The summed E-state index contributed by atoms with van der Waals surface area (Å²) in [7, 11) is 0. The second kappa shape index (κ2) is 5.58. The second-order valence-corrected chi connectivity index (χ2v) is 4.43. The van der Waals surface area contributed by atoms with Crippen LogP contribution in [0.25, 0.3) is 0 Å². The first-order valence-corrected chi connectivity index (χ1v) is 6.13. The van der Waals surface area contributed by atoms with Gasteiger partial charge in [-0.05, 0) is 50.5 Å². The third kappa shape index (κ3) is 3.03. The van der Waals surface area contributed by atoms with Crippen LogP contribution in [0, 0.1) is 0 Å². The van der Waals surface area contributed by atoms with Crippen molar-refractivity contribution in [3.05, 3.63) is 29.8 Å². The van der Waals surface area contributed by atoms with E-state index in [2.05, 4.69) is 10.5 Å². The fourth-order valence-corrected chi connectivity index (χ4v) is 1.89. The van der Waals surface area contributed by atoms with E-state index in [1.54, 1.807) is 24.3 Å². The van der Waals surface area contributed by atoms with E-state index in [-0.39, 0.29) is 11.6 Å². The van der Waals surface area contributed by atoms with Crippen LogP contribution in [0.5, 0.6) is 0 Å². The first-order valence-electron chi connectivity index (χ1n) is 6.13. The lowest BCUT2D eigenvalue weighted by Gasteiger charge is -2.11. The Bertz CT molecular complexity index is 489. The number of carbonyl (C=O) groups is 2. The van der Waals surface area contributed by atoms with Crippen molar-refractivity contribution >= 4 is 23.0 Å². The van der Waals surface area contributed by atoms with E-state index in [4.69, 9.17) is 0 Å². The minimum absolute atomic E-state index is 0.0373. The van der Waals surface area contributed by atoms with Gasteiger partial charge in [-0.15, -0.1) is 0 Å². The number of Topliss-reactive ketones (excluding diaryl/α,β-unsaturated/α-hetero) is 2. The maximum atomic E-state index is 11.5. The Morgan fingerprint density at radius 3 is 2.44 bits per heavy atom. The van der Waals surface area contributed by atoms with Crippen LogP contribution in [0.15, 0.2) is 29.4 Å². The summed E-state index contributed by atoms with van der Waals surface area (Å²) < 4.78 is 0. The highest BCUT2D eigenvalue weighted by Gasteiger charge is 2.16. The molecule has 1 saturated carbocycles. The van der Waals surface area contributed by atoms with E-state index in [1.807, 2.05) is 0 Å². The highest BCUT2D eigenvalue weighted by molar-refractivity contribution is 6.40. The molecule has 1 aromatic carbocycles. The molecule has 1 N–H and O–H groups in total. The van der Waals surface area contributed by atoms with Crippen molar-refractivity contribution in [2.45, 2.75) is 32.6 Å². The van der Waals surface area contributed by atoms with Gasteiger partial charge in [0.1, 0.15) is 5.71 Å². The van der Waals surface area contributed by atoms with Gasteiger partial charge in [0.25, 0.3) is 0 Å². The van der Waals surface area contributed by atoms with Crippen LogP contribution in [0.3, 0.4) is 0 Å². The molecule has 0 aliphatic heterocycles. The molecule has 0 saturated heterocycles. The summed E-state index contributed by atoms with van der Waals surface area (Å²) in [6.07, 6.45) is 3.34. The number of nitrogens with one attached hydrogen (secondary N) is 1. The molecule has 0 amide bonds. The first-order chi connectivity index (χ1) is 8.66. The van der Waals surface area contributed by atoms with Crippen LogP contribution in [-0.4, -0.2) is 17.3 Å². The smallest absolute Gasteiger partial charge is 0.178 e. The number of rotatable bonds is 3. The standard InChI is InChI=1S/C14H16N2O2/c1-10(17)11-6-8-12(9-7-11)15-16-13-4-2-3-5-14(13)18/h6-9,15H,2-5H2,1H3/b16-13+. The van der Waals surface area contributed by atoms with Crippen LogP contribution in [0.4, 0.5) is 5.69 Å². The number of benzene rings is 1. The molecule has 0 aromatic heterocycles. The Hall–Kier alpha value is -1.97. The largest absolute Gasteiger partial charge is 0.295 e. The summed E-state index contributed by atoms with van der Waals surface area (Å²) in [6, 6.07) is 7.06. The zero-order chi connectivity index (χ0) is 13.0. The average molecular weight is 244 g/mol. The van der Waals surface area contributed by atoms with Crippen LogP contribution in [-0.2, 0) is 4.79 Å². The van der Waals surface area contributed by atoms with E-state index >= 15 is 0 Å². The van der Waals surface area contributed by atoms with Gasteiger partial charge in [-0.25, -0.2) is 0 Å². The quantitative estimate of drug-likeness (QED) is 0.657. The predicted octanol–water partition coefficient (Wildman–Crippen LogP) is 2.80. The Morgan fingerprint density at radius 2 is 1.83 bits per heavy atom. The molecule has 1 fully saturated rings. The normalized spacial score (nSPS) is 17.8. The molecule has 0 atom stereocenters. The summed E-state index contributed by atoms with van der Waals surface area (Å²) in [6.45, 7) is 1.53. The third-order valence-corrected chi connectivity index (χ3v) is 3.00. The predicted molar refractivity (Wildman–Crippen MR) is 71.0 cm³/mol. The molecular weight excluding hydrogens is 228 g/mol.